The van der Waals surface area contributed by atoms with Gasteiger partial charge in [0.2, 0.25) is 0 Å². The molecule has 0 radical (unpaired) electrons. The van der Waals surface area contributed by atoms with Crippen molar-refractivity contribution in [3.8, 4) is 17.2 Å². The molecule has 2 rings (SSSR count). The van der Waals surface area contributed by atoms with Gasteiger partial charge in [0.25, 0.3) is 0 Å². The molecule has 2 aromatic rings. The summed E-state index contributed by atoms with van der Waals surface area (Å²) in [5, 5.41) is 3.64. The predicted octanol–water partition coefficient (Wildman–Crippen LogP) is 3.55. The van der Waals surface area contributed by atoms with Crippen LogP contribution in [0.5, 0.6) is 17.2 Å². The number of guanidine groups is 1. The van der Waals surface area contributed by atoms with Crippen LogP contribution in [0.2, 0.25) is 5.02 Å². The maximum atomic E-state index is 5.94. The summed E-state index contributed by atoms with van der Waals surface area (Å²) in [5.41, 5.74) is 6.68. The van der Waals surface area contributed by atoms with Crippen molar-refractivity contribution in [1.82, 2.24) is 0 Å². The SMILES string of the molecule is COc1ccc(NC(N)=NCC(C)Oc2cccc(Cl)c2)cc1OC. The fraction of sp³-hybridized carbons (Fsp3) is 0.278. The van der Waals surface area contributed by atoms with Crippen LogP contribution in [0.25, 0.3) is 0 Å². The lowest BCUT2D eigenvalue weighted by molar-refractivity contribution is 0.230. The minimum atomic E-state index is -0.149. The number of anilines is 1. The summed E-state index contributed by atoms with van der Waals surface area (Å²) in [4.78, 5) is 4.29. The van der Waals surface area contributed by atoms with Crippen molar-refractivity contribution in [2.24, 2.45) is 10.7 Å². The minimum absolute atomic E-state index is 0.149. The number of halogens is 1. The molecule has 0 spiro atoms. The zero-order chi connectivity index (χ0) is 18.2. The third-order valence-electron chi connectivity index (χ3n) is 3.31. The highest BCUT2D eigenvalue weighted by Crippen LogP contribution is 2.29. The van der Waals surface area contributed by atoms with E-state index in [4.69, 9.17) is 31.5 Å². The molecule has 1 atom stereocenters. The van der Waals surface area contributed by atoms with Crippen molar-refractivity contribution < 1.29 is 14.2 Å². The van der Waals surface area contributed by atoms with Crippen LogP contribution in [0.1, 0.15) is 6.92 Å². The molecule has 7 heteroatoms. The van der Waals surface area contributed by atoms with Crippen LogP contribution in [0, 0.1) is 0 Å². The maximum Gasteiger partial charge on any atom is 0.193 e. The molecule has 0 aromatic heterocycles. The van der Waals surface area contributed by atoms with Crippen LogP contribution < -0.4 is 25.3 Å². The number of benzene rings is 2. The third-order valence-corrected chi connectivity index (χ3v) is 3.54. The second-order valence-corrected chi connectivity index (χ2v) is 5.74. The van der Waals surface area contributed by atoms with E-state index in [1.54, 1.807) is 38.5 Å². The number of ether oxygens (including phenoxy) is 3. The highest BCUT2D eigenvalue weighted by molar-refractivity contribution is 6.30. The molecular formula is C18H22ClN3O3. The molecule has 3 N–H and O–H groups in total. The number of methoxy groups -OCH3 is 2. The molecule has 0 aliphatic carbocycles. The molecular weight excluding hydrogens is 342 g/mol. The van der Waals surface area contributed by atoms with Crippen molar-refractivity contribution in [1.29, 1.82) is 0 Å². The monoisotopic (exact) mass is 363 g/mol. The standard InChI is InChI=1S/C18H22ClN3O3/c1-12(25-15-6-4-5-13(19)9-15)11-21-18(20)22-14-7-8-16(23-2)17(10-14)24-3/h4-10,12H,11H2,1-3H3,(H3,20,21,22). The van der Waals surface area contributed by atoms with E-state index in [-0.39, 0.29) is 12.1 Å². The number of nitrogens with one attached hydrogen (secondary N) is 1. The van der Waals surface area contributed by atoms with E-state index in [9.17, 15) is 0 Å². The molecule has 0 saturated heterocycles. The van der Waals surface area contributed by atoms with Gasteiger partial charge >= 0.3 is 0 Å². The Bertz CT molecular complexity index is 737. The molecule has 134 valence electrons. The van der Waals surface area contributed by atoms with Crippen LogP contribution in [-0.4, -0.2) is 32.8 Å². The lowest BCUT2D eigenvalue weighted by Crippen LogP contribution is -2.25. The smallest absolute Gasteiger partial charge is 0.193 e. The Labute approximate surface area is 152 Å². The van der Waals surface area contributed by atoms with Gasteiger partial charge in [-0.3, -0.25) is 0 Å². The summed E-state index contributed by atoms with van der Waals surface area (Å²) in [6.45, 7) is 2.31. The summed E-state index contributed by atoms with van der Waals surface area (Å²) >= 11 is 5.94. The number of hydrogen-bond acceptors (Lipinski definition) is 4. The largest absolute Gasteiger partial charge is 0.493 e. The molecule has 0 saturated carbocycles. The maximum absolute atomic E-state index is 5.94. The van der Waals surface area contributed by atoms with Gasteiger partial charge in [-0.25, -0.2) is 4.99 Å². The van der Waals surface area contributed by atoms with Gasteiger partial charge in [-0.1, -0.05) is 17.7 Å². The molecule has 2 aromatic carbocycles. The van der Waals surface area contributed by atoms with Crippen molar-refractivity contribution in [3.63, 3.8) is 0 Å². The average Bonchev–Trinajstić information content (AvgIpc) is 2.60. The Hall–Kier alpha value is -2.60. The Morgan fingerprint density at radius 3 is 2.60 bits per heavy atom. The zero-order valence-electron chi connectivity index (χ0n) is 14.5. The van der Waals surface area contributed by atoms with E-state index < -0.39 is 0 Å². The summed E-state index contributed by atoms with van der Waals surface area (Å²) in [7, 11) is 3.16. The second-order valence-electron chi connectivity index (χ2n) is 5.31. The van der Waals surface area contributed by atoms with E-state index in [0.717, 1.165) is 5.69 Å². The second kappa shape index (κ2) is 9.03. The fourth-order valence-corrected chi connectivity index (χ4v) is 2.32. The fourth-order valence-electron chi connectivity index (χ4n) is 2.14. The lowest BCUT2D eigenvalue weighted by Gasteiger charge is -2.14. The molecule has 0 amide bonds. The van der Waals surface area contributed by atoms with E-state index in [1.165, 1.54) is 0 Å². The van der Waals surface area contributed by atoms with Gasteiger partial charge in [0.05, 0.1) is 20.8 Å². The highest BCUT2D eigenvalue weighted by atomic mass is 35.5. The van der Waals surface area contributed by atoms with Gasteiger partial charge in [-0.15, -0.1) is 0 Å². The number of aliphatic imine (C=N–C) groups is 1. The molecule has 0 aliphatic heterocycles. The topological polar surface area (TPSA) is 78.1 Å². The summed E-state index contributed by atoms with van der Waals surface area (Å²) in [6, 6.07) is 12.6. The Morgan fingerprint density at radius 1 is 1.16 bits per heavy atom. The Kier molecular flexibility index (Phi) is 6.77. The molecule has 0 heterocycles. The predicted molar refractivity (Wildman–Crippen MR) is 101 cm³/mol. The number of nitrogens with zero attached hydrogens (tertiary/aromatic N) is 1. The quantitative estimate of drug-likeness (QED) is 0.581. The third kappa shape index (κ3) is 5.76. The lowest BCUT2D eigenvalue weighted by atomic mass is 10.3. The van der Waals surface area contributed by atoms with Crippen LogP contribution in [-0.2, 0) is 0 Å². The van der Waals surface area contributed by atoms with Gasteiger partial charge in [0, 0.05) is 16.8 Å². The number of rotatable bonds is 7. The molecule has 0 fully saturated rings. The van der Waals surface area contributed by atoms with Gasteiger partial charge in [0.1, 0.15) is 11.9 Å². The first-order valence-electron chi connectivity index (χ1n) is 7.73. The van der Waals surface area contributed by atoms with Gasteiger partial charge in [-0.05, 0) is 37.3 Å². The number of nitrogens with two attached hydrogens (primary N) is 1. The van der Waals surface area contributed by atoms with Gasteiger partial charge < -0.3 is 25.3 Å². The van der Waals surface area contributed by atoms with Crippen LogP contribution in [0.4, 0.5) is 5.69 Å². The molecule has 1 unspecified atom stereocenters. The van der Waals surface area contributed by atoms with E-state index in [2.05, 4.69) is 10.3 Å². The highest BCUT2D eigenvalue weighted by Gasteiger charge is 2.07. The molecule has 0 bridgehead atoms. The molecule has 25 heavy (non-hydrogen) atoms. The zero-order valence-corrected chi connectivity index (χ0v) is 15.2. The van der Waals surface area contributed by atoms with Crippen LogP contribution >= 0.6 is 11.6 Å². The minimum Gasteiger partial charge on any atom is -0.493 e. The summed E-state index contributed by atoms with van der Waals surface area (Å²) in [5.74, 6) is 2.24. The Balaban J connectivity index is 1.92. The first-order chi connectivity index (χ1) is 12.0. The average molecular weight is 364 g/mol. The first-order valence-corrected chi connectivity index (χ1v) is 8.11. The van der Waals surface area contributed by atoms with Crippen LogP contribution in [0.15, 0.2) is 47.5 Å². The first kappa shape index (κ1) is 18.7. The van der Waals surface area contributed by atoms with Crippen molar-refractivity contribution >= 4 is 23.2 Å². The normalized spacial score (nSPS) is 12.4. The summed E-state index contributed by atoms with van der Waals surface area (Å²) < 4.78 is 16.2. The van der Waals surface area contributed by atoms with Gasteiger partial charge in [0.15, 0.2) is 17.5 Å². The van der Waals surface area contributed by atoms with Crippen molar-refractivity contribution in [2.45, 2.75) is 13.0 Å². The van der Waals surface area contributed by atoms with Crippen molar-refractivity contribution in [3.05, 3.63) is 47.5 Å². The van der Waals surface area contributed by atoms with E-state index in [0.29, 0.717) is 28.8 Å². The molecule has 6 nitrogen and oxygen atoms in total. The van der Waals surface area contributed by atoms with Crippen molar-refractivity contribution in [2.75, 3.05) is 26.1 Å². The molecule has 0 aliphatic rings. The van der Waals surface area contributed by atoms with E-state index >= 15 is 0 Å². The number of hydrogen-bond donors (Lipinski definition) is 2. The van der Waals surface area contributed by atoms with Crippen LogP contribution in [0.3, 0.4) is 0 Å². The van der Waals surface area contributed by atoms with E-state index in [1.807, 2.05) is 25.1 Å². The summed E-state index contributed by atoms with van der Waals surface area (Å²) in [6.07, 6.45) is -0.149. The van der Waals surface area contributed by atoms with Gasteiger partial charge in [-0.2, -0.15) is 0 Å². The Morgan fingerprint density at radius 2 is 1.92 bits per heavy atom.